The maximum atomic E-state index is 14.2. The fraction of sp³-hybridized carbons (Fsp3) is 0.333. The summed E-state index contributed by atoms with van der Waals surface area (Å²) in [4.78, 5) is 29.2. The van der Waals surface area contributed by atoms with E-state index < -0.39 is 28.5 Å². The second-order valence-electron chi connectivity index (χ2n) is 9.93. The first kappa shape index (κ1) is 30.2. The van der Waals surface area contributed by atoms with E-state index in [0.717, 1.165) is 9.87 Å². The van der Waals surface area contributed by atoms with Crippen molar-refractivity contribution in [3.63, 3.8) is 0 Å². The fourth-order valence-electron chi connectivity index (χ4n) is 4.50. The third-order valence-electron chi connectivity index (χ3n) is 6.62. The normalized spacial score (nSPS) is 13.1. The van der Waals surface area contributed by atoms with E-state index in [-0.39, 0.29) is 43.1 Å². The molecule has 0 radical (unpaired) electrons. The van der Waals surface area contributed by atoms with Gasteiger partial charge < -0.3 is 19.7 Å². The Bertz CT molecular complexity index is 1480. The minimum Gasteiger partial charge on any atom is -0.454 e. The van der Waals surface area contributed by atoms with Crippen LogP contribution < -0.4 is 19.1 Å². The van der Waals surface area contributed by atoms with Gasteiger partial charge in [-0.15, -0.1) is 0 Å². The number of anilines is 1. The molecule has 1 N–H and O–H groups in total. The first-order valence-corrected chi connectivity index (χ1v) is 15.3. The quantitative estimate of drug-likeness (QED) is 0.331. The molecule has 3 aromatic rings. The Morgan fingerprint density at radius 3 is 2.34 bits per heavy atom. The lowest BCUT2D eigenvalue weighted by atomic mass is 10.0. The van der Waals surface area contributed by atoms with Crippen molar-refractivity contribution in [2.24, 2.45) is 0 Å². The van der Waals surface area contributed by atoms with Gasteiger partial charge in [-0.2, -0.15) is 0 Å². The topological polar surface area (TPSA) is 105 Å². The summed E-state index contributed by atoms with van der Waals surface area (Å²) in [7, 11) is -3.90. The molecule has 4 rings (SSSR count). The van der Waals surface area contributed by atoms with Gasteiger partial charge in [0.25, 0.3) is 0 Å². The van der Waals surface area contributed by atoms with Gasteiger partial charge in [-0.3, -0.25) is 13.9 Å². The van der Waals surface area contributed by atoms with Crippen LogP contribution in [0.5, 0.6) is 11.5 Å². The van der Waals surface area contributed by atoms with Crippen LogP contribution in [0.4, 0.5) is 5.69 Å². The number of amides is 2. The smallest absolute Gasteiger partial charge is 0.244 e. The SMILES string of the molecule is CCS(=O)(=O)N(CC(=O)N(Cc1ccccc1Cl)[C@H](Cc1ccccc1)C(=O)NC(C)C)c1ccc2c(c1)OCO2. The minimum absolute atomic E-state index is 0.00265. The highest BCUT2D eigenvalue weighted by Crippen LogP contribution is 2.36. The van der Waals surface area contributed by atoms with Gasteiger partial charge in [0.15, 0.2) is 11.5 Å². The van der Waals surface area contributed by atoms with Crippen molar-refractivity contribution in [1.82, 2.24) is 10.2 Å². The third-order valence-corrected chi connectivity index (χ3v) is 8.73. The van der Waals surface area contributed by atoms with Gasteiger partial charge in [0, 0.05) is 30.1 Å². The molecule has 3 aromatic carbocycles. The van der Waals surface area contributed by atoms with Gasteiger partial charge in [0.05, 0.1) is 11.4 Å². The van der Waals surface area contributed by atoms with Gasteiger partial charge in [0.1, 0.15) is 12.6 Å². The Labute approximate surface area is 246 Å². The lowest BCUT2D eigenvalue weighted by Crippen LogP contribution is -2.54. The van der Waals surface area contributed by atoms with Crippen LogP contribution in [0.25, 0.3) is 0 Å². The molecule has 9 nitrogen and oxygen atoms in total. The third kappa shape index (κ3) is 7.51. The molecule has 0 unspecified atom stereocenters. The number of benzene rings is 3. The Morgan fingerprint density at radius 1 is 0.976 bits per heavy atom. The maximum absolute atomic E-state index is 14.2. The lowest BCUT2D eigenvalue weighted by molar-refractivity contribution is -0.140. The van der Waals surface area contributed by atoms with Gasteiger partial charge in [0.2, 0.25) is 28.6 Å². The van der Waals surface area contributed by atoms with Crippen molar-refractivity contribution in [2.75, 3.05) is 23.4 Å². The molecule has 0 fully saturated rings. The average molecular weight is 600 g/mol. The largest absolute Gasteiger partial charge is 0.454 e. The molecule has 1 atom stereocenters. The van der Waals surface area contributed by atoms with Crippen molar-refractivity contribution >= 4 is 39.1 Å². The van der Waals surface area contributed by atoms with Crippen molar-refractivity contribution in [3.05, 3.63) is 88.9 Å². The molecule has 11 heteroatoms. The van der Waals surface area contributed by atoms with E-state index in [1.165, 1.54) is 17.9 Å². The van der Waals surface area contributed by atoms with E-state index in [9.17, 15) is 18.0 Å². The van der Waals surface area contributed by atoms with Crippen LogP contribution in [0, 0.1) is 0 Å². The van der Waals surface area contributed by atoms with Crippen LogP contribution in [0.15, 0.2) is 72.8 Å². The molecule has 0 aromatic heterocycles. The van der Waals surface area contributed by atoms with Crippen LogP contribution in [-0.2, 0) is 32.6 Å². The summed E-state index contributed by atoms with van der Waals surface area (Å²) in [5, 5.41) is 3.36. The van der Waals surface area contributed by atoms with E-state index in [4.69, 9.17) is 21.1 Å². The summed E-state index contributed by atoms with van der Waals surface area (Å²) >= 11 is 6.48. The van der Waals surface area contributed by atoms with Crippen molar-refractivity contribution in [3.8, 4) is 11.5 Å². The summed E-state index contributed by atoms with van der Waals surface area (Å²) < 4.78 is 38.5. The number of hydrogen-bond donors (Lipinski definition) is 1. The van der Waals surface area contributed by atoms with E-state index >= 15 is 0 Å². The van der Waals surface area contributed by atoms with Gasteiger partial charge >= 0.3 is 0 Å². The summed E-state index contributed by atoms with van der Waals surface area (Å²) in [5.41, 5.74) is 1.74. The summed E-state index contributed by atoms with van der Waals surface area (Å²) in [6.45, 7) is 4.69. The Morgan fingerprint density at radius 2 is 1.66 bits per heavy atom. The number of sulfonamides is 1. The average Bonchev–Trinajstić information content (AvgIpc) is 3.42. The number of rotatable bonds is 12. The van der Waals surface area contributed by atoms with Crippen molar-refractivity contribution in [1.29, 1.82) is 0 Å². The Balaban J connectivity index is 1.75. The van der Waals surface area contributed by atoms with E-state index in [1.54, 1.807) is 36.4 Å². The molecule has 0 saturated carbocycles. The van der Waals surface area contributed by atoms with E-state index in [0.29, 0.717) is 22.1 Å². The second-order valence-corrected chi connectivity index (χ2v) is 12.5. The zero-order chi connectivity index (χ0) is 29.6. The standard InChI is InChI=1S/C30H34ClN3O6S/c1-4-41(37,38)34(24-14-15-27-28(17-24)40-20-39-27)19-29(35)33(18-23-12-8-9-13-25(23)31)26(30(36)32-21(2)3)16-22-10-6-5-7-11-22/h5-15,17,21,26H,4,16,18-20H2,1-3H3,(H,32,36)/t26-/m1/s1. The number of nitrogens with zero attached hydrogens (tertiary/aromatic N) is 2. The number of halogens is 1. The zero-order valence-electron chi connectivity index (χ0n) is 23.2. The maximum Gasteiger partial charge on any atom is 0.244 e. The van der Waals surface area contributed by atoms with Crippen LogP contribution in [0.1, 0.15) is 31.9 Å². The number of carbonyl (C=O) groups excluding carboxylic acids is 2. The molecule has 218 valence electrons. The highest BCUT2D eigenvalue weighted by molar-refractivity contribution is 7.92. The number of ether oxygens (including phenoxy) is 2. The molecule has 1 aliphatic heterocycles. The minimum atomic E-state index is -3.90. The molecule has 2 amide bonds. The molecular weight excluding hydrogens is 566 g/mol. The van der Waals surface area contributed by atoms with Crippen molar-refractivity contribution in [2.45, 2.75) is 45.8 Å². The van der Waals surface area contributed by atoms with E-state index in [2.05, 4.69) is 5.32 Å². The lowest BCUT2D eigenvalue weighted by Gasteiger charge is -2.34. The summed E-state index contributed by atoms with van der Waals surface area (Å²) in [6, 6.07) is 20.0. The molecule has 41 heavy (non-hydrogen) atoms. The number of carbonyl (C=O) groups is 2. The summed E-state index contributed by atoms with van der Waals surface area (Å²) in [6.07, 6.45) is 0.222. The monoisotopic (exact) mass is 599 g/mol. The number of hydrogen-bond acceptors (Lipinski definition) is 6. The number of nitrogens with one attached hydrogen (secondary N) is 1. The zero-order valence-corrected chi connectivity index (χ0v) is 24.8. The van der Waals surface area contributed by atoms with Crippen LogP contribution in [0.3, 0.4) is 0 Å². The van der Waals surface area contributed by atoms with Crippen LogP contribution in [0.2, 0.25) is 5.02 Å². The molecule has 0 spiro atoms. The Hall–Kier alpha value is -3.76. The highest BCUT2D eigenvalue weighted by atomic mass is 35.5. The van der Waals surface area contributed by atoms with Gasteiger partial charge in [-0.25, -0.2) is 8.42 Å². The fourth-order valence-corrected chi connectivity index (χ4v) is 5.75. The molecule has 0 bridgehead atoms. The van der Waals surface area contributed by atoms with E-state index in [1.807, 2.05) is 44.2 Å². The first-order valence-electron chi connectivity index (χ1n) is 13.4. The molecule has 1 aliphatic rings. The Kier molecular flexibility index (Phi) is 9.77. The molecule has 1 heterocycles. The highest BCUT2D eigenvalue weighted by Gasteiger charge is 2.34. The molecule has 0 saturated heterocycles. The first-order chi connectivity index (χ1) is 19.6. The van der Waals surface area contributed by atoms with Gasteiger partial charge in [-0.1, -0.05) is 60.1 Å². The number of fused-ring (bicyclic) bond motifs is 1. The van der Waals surface area contributed by atoms with Crippen molar-refractivity contribution < 1.29 is 27.5 Å². The second kappa shape index (κ2) is 13.3. The van der Waals surface area contributed by atoms with Gasteiger partial charge in [-0.05, 0) is 50.1 Å². The van der Waals surface area contributed by atoms with Crippen LogP contribution >= 0.6 is 11.6 Å². The molecule has 0 aliphatic carbocycles. The van der Waals surface area contributed by atoms with Crippen LogP contribution in [-0.4, -0.2) is 56.3 Å². The summed E-state index contributed by atoms with van der Waals surface area (Å²) in [5.74, 6) is -0.266. The predicted octanol–water partition coefficient (Wildman–Crippen LogP) is 4.39. The molecular formula is C30H34ClN3O6S. The predicted molar refractivity (Wildman–Crippen MR) is 159 cm³/mol.